The van der Waals surface area contributed by atoms with E-state index in [1.54, 1.807) is 12.7 Å². The van der Waals surface area contributed by atoms with E-state index in [0.29, 0.717) is 5.41 Å². The Balaban J connectivity index is 1.82. The molecule has 1 fully saturated rings. The van der Waals surface area contributed by atoms with Crippen molar-refractivity contribution in [1.82, 2.24) is 5.32 Å². The van der Waals surface area contributed by atoms with Crippen molar-refractivity contribution in [2.75, 3.05) is 26.8 Å². The summed E-state index contributed by atoms with van der Waals surface area (Å²) in [7, 11) is 1.77. The van der Waals surface area contributed by atoms with Crippen LogP contribution < -0.4 is 5.32 Å². The molecule has 3 heteroatoms. The second-order valence-electron chi connectivity index (χ2n) is 6.64. The standard InChI is InChI=1S/C18H31NOS/c1-15-14-17(16(2)21-15)6-9-18(7-4-5-8-18)10-11-19-12-13-20-3/h14,19H,4-13H2,1-3H3. The lowest BCUT2D eigenvalue weighted by molar-refractivity contribution is 0.193. The van der Waals surface area contributed by atoms with Gasteiger partial charge in [0.15, 0.2) is 0 Å². The third-order valence-electron chi connectivity index (χ3n) is 5.05. The predicted molar refractivity (Wildman–Crippen MR) is 92.4 cm³/mol. The summed E-state index contributed by atoms with van der Waals surface area (Å²) in [5.74, 6) is 0. The highest BCUT2D eigenvalue weighted by Gasteiger charge is 2.32. The molecule has 0 spiro atoms. The lowest BCUT2D eigenvalue weighted by Gasteiger charge is -2.29. The molecule has 1 aromatic rings. The topological polar surface area (TPSA) is 21.3 Å². The highest BCUT2D eigenvalue weighted by molar-refractivity contribution is 7.12. The summed E-state index contributed by atoms with van der Waals surface area (Å²) in [6.07, 6.45) is 9.70. The van der Waals surface area contributed by atoms with Gasteiger partial charge in [-0.25, -0.2) is 0 Å². The third-order valence-corrected chi connectivity index (χ3v) is 6.06. The molecular weight excluding hydrogens is 278 g/mol. The van der Waals surface area contributed by atoms with E-state index in [4.69, 9.17) is 4.74 Å². The van der Waals surface area contributed by atoms with Crippen molar-refractivity contribution in [2.45, 2.75) is 58.8 Å². The SMILES string of the molecule is COCCNCCC1(CCc2cc(C)sc2C)CCCC1. The van der Waals surface area contributed by atoms with Gasteiger partial charge in [-0.2, -0.15) is 0 Å². The van der Waals surface area contributed by atoms with E-state index in [2.05, 4.69) is 25.2 Å². The van der Waals surface area contributed by atoms with Gasteiger partial charge in [-0.15, -0.1) is 11.3 Å². The van der Waals surface area contributed by atoms with Gasteiger partial charge in [0.1, 0.15) is 0 Å². The molecule has 120 valence electrons. The van der Waals surface area contributed by atoms with Gasteiger partial charge in [-0.05, 0) is 69.5 Å². The van der Waals surface area contributed by atoms with Crippen molar-refractivity contribution in [1.29, 1.82) is 0 Å². The number of nitrogens with one attached hydrogen (secondary N) is 1. The molecule has 0 amide bonds. The minimum Gasteiger partial charge on any atom is -0.383 e. The second kappa shape index (κ2) is 8.30. The molecule has 0 bridgehead atoms. The van der Waals surface area contributed by atoms with Crippen LogP contribution in [0.3, 0.4) is 0 Å². The minimum absolute atomic E-state index is 0.600. The van der Waals surface area contributed by atoms with Crippen molar-refractivity contribution in [2.24, 2.45) is 5.41 Å². The van der Waals surface area contributed by atoms with Gasteiger partial charge < -0.3 is 10.1 Å². The van der Waals surface area contributed by atoms with Gasteiger partial charge in [0.2, 0.25) is 0 Å². The molecule has 0 atom stereocenters. The van der Waals surface area contributed by atoms with Crippen molar-refractivity contribution < 1.29 is 4.74 Å². The lowest BCUT2D eigenvalue weighted by Crippen LogP contribution is -2.27. The van der Waals surface area contributed by atoms with Gasteiger partial charge in [-0.3, -0.25) is 0 Å². The van der Waals surface area contributed by atoms with E-state index >= 15 is 0 Å². The van der Waals surface area contributed by atoms with Gasteiger partial charge in [0.05, 0.1) is 6.61 Å². The zero-order valence-corrected chi connectivity index (χ0v) is 14.8. The molecule has 0 aromatic carbocycles. The third kappa shape index (κ3) is 5.08. The van der Waals surface area contributed by atoms with Crippen LogP contribution in [-0.4, -0.2) is 26.8 Å². The van der Waals surface area contributed by atoms with Crippen LogP contribution in [0.15, 0.2) is 6.07 Å². The zero-order valence-electron chi connectivity index (χ0n) is 14.0. The molecule has 0 radical (unpaired) electrons. The lowest BCUT2D eigenvalue weighted by atomic mass is 9.77. The first kappa shape index (κ1) is 17.0. The maximum Gasteiger partial charge on any atom is 0.0587 e. The Morgan fingerprint density at radius 1 is 1.19 bits per heavy atom. The van der Waals surface area contributed by atoms with Crippen molar-refractivity contribution >= 4 is 11.3 Å². The first-order valence-corrected chi connectivity index (χ1v) is 9.22. The van der Waals surface area contributed by atoms with Gasteiger partial charge in [-0.1, -0.05) is 12.8 Å². The van der Waals surface area contributed by atoms with Crippen LogP contribution >= 0.6 is 11.3 Å². The molecule has 1 aliphatic carbocycles. The molecule has 1 aliphatic rings. The highest BCUT2D eigenvalue weighted by Crippen LogP contribution is 2.44. The molecule has 1 heterocycles. The van der Waals surface area contributed by atoms with Gasteiger partial charge in [0, 0.05) is 23.4 Å². The summed E-state index contributed by atoms with van der Waals surface area (Å²) in [5, 5.41) is 3.53. The Morgan fingerprint density at radius 3 is 2.57 bits per heavy atom. The second-order valence-corrected chi connectivity index (χ2v) is 8.10. The van der Waals surface area contributed by atoms with Crippen LogP contribution in [0.25, 0.3) is 0 Å². The number of ether oxygens (including phenoxy) is 1. The predicted octanol–water partition coefficient (Wildman–Crippen LogP) is 4.48. The summed E-state index contributed by atoms with van der Waals surface area (Å²) in [4.78, 5) is 2.99. The quantitative estimate of drug-likeness (QED) is 0.679. The monoisotopic (exact) mass is 309 g/mol. The van der Waals surface area contributed by atoms with Crippen LogP contribution in [0.4, 0.5) is 0 Å². The van der Waals surface area contributed by atoms with Crippen molar-refractivity contribution in [3.8, 4) is 0 Å². The Hall–Kier alpha value is -0.380. The fraction of sp³-hybridized carbons (Fsp3) is 0.778. The van der Waals surface area contributed by atoms with Gasteiger partial charge >= 0.3 is 0 Å². The van der Waals surface area contributed by atoms with Crippen LogP contribution in [0.5, 0.6) is 0 Å². The molecule has 1 aromatic heterocycles. The molecule has 0 saturated heterocycles. The van der Waals surface area contributed by atoms with Crippen LogP contribution in [-0.2, 0) is 11.2 Å². The normalized spacial score (nSPS) is 17.5. The number of thiophene rings is 1. The fourth-order valence-corrected chi connectivity index (χ4v) is 4.71. The molecule has 0 aliphatic heterocycles. The first-order chi connectivity index (χ1) is 10.2. The maximum absolute atomic E-state index is 5.10. The van der Waals surface area contributed by atoms with Crippen molar-refractivity contribution in [3.05, 3.63) is 21.4 Å². The zero-order chi connectivity index (χ0) is 15.1. The molecular formula is C18H31NOS. The largest absolute Gasteiger partial charge is 0.383 e. The average molecular weight is 310 g/mol. The maximum atomic E-state index is 5.10. The van der Waals surface area contributed by atoms with Crippen LogP contribution in [0.2, 0.25) is 0 Å². The molecule has 0 unspecified atom stereocenters. The smallest absolute Gasteiger partial charge is 0.0587 e. The highest BCUT2D eigenvalue weighted by atomic mass is 32.1. The van der Waals surface area contributed by atoms with Crippen LogP contribution in [0.1, 0.15) is 53.8 Å². The first-order valence-electron chi connectivity index (χ1n) is 8.41. The summed E-state index contributed by atoms with van der Waals surface area (Å²) in [6.45, 7) is 7.45. The van der Waals surface area contributed by atoms with Crippen molar-refractivity contribution in [3.63, 3.8) is 0 Å². The number of aryl methyl sites for hydroxylation is 3. The summed E-state index contributed by atoms with van der Waals surface area (Å²) < 4.78 is 5.10. The molecule has 1 saturated carbocycles. The number of hydrogen-bond acceptors (Lipinski definition) is 3. The molecule has 2 rings (SSSR count). The molecule has 21 heavy (non-hydrogen) atoms. The van der Waals surface area contributed by atoms with E-state index < -0.39 is 0 Å². The van der Waals surface area contributed by atoms with Gasteiger partial charge in [0.25, 0.3) is 0 Å². The van der Waals surface area contributed by atoms with E-state index in [1.807, 2.05) is 11.3 Å². The van der Waals surface area contributed by atoms with E-state index in [0.717, 1.165) is 19.7 Å². The Labute approximate surface area is 134 Å². The van der Waals surface area contributed by atoms with E-state index in [9.17, 15) is 0 Å². The number of methoxy groups -OCH3 is 1. The molecule has 1 N–H and O–H groups in total. The van der Waals surface area contributed by atoms with Crippen LogP contribution in [0, 0.1) is 19.3 Å². The molecule has 2 nitrogen and oxygen atoms in total. The summed E-state index contributed by atoms with van der Waals surface area (Å²) in [5.41, 5.74) is 2.19. The minimum atomic E-state index is 0.600. The Morgan fingerprint density at radius 2 is 1.95 bits per heavy atom. The number of hydrogen-bond donors (Lipinski definition) is 1. The number of rotatable bonds is 9. The van der Waals surface area contributed by atoms with E-state index in [-0.39, 0.29) is 0 Å². The summed E-state index contributed by atoms with van der Waals surface area (Å²) in [6, 6.07) is 2.40. The average Bonchev–Trinajstić information content (AvgIpc) is 3.04. The fourth-order valence-electron chi connectivity index (χ4n) is 3.73. The Kier molecular flexibility index (Phi) is 6.72. The Bertz CT molecular complexity index is 421. The van der Waals surface area contributed by atoms with E-state index in [1.165, 1.54) is 54.7 Å². The summed E-state index contributed by atoms with van der Waals surface area (Å²) >= 11 is 1.95.